The number of hydrogen-bond acceptors (Lipinski definition) is 6. The van der Waals surface area contributed by atoms with Crippen LogP contribution in [0.2, 0.25) is 0 Å². The van der Waals surface area contributed by atoms with E-state index >= 15 is 0 Å². The molecule has 1 aliphatic heterocycles. The van der Waals surface area contributed by atoms with Crippen LogP contribution in [0.25, 0.3) is 16.6 Å². The largest absolute Gasteiger partial charge is 0.497 e. The zero-order valence-corrected chi connectivity index (χ0v) is 17.8. The fourth-order valence-electron chi connectivity index (χ4n) is 4.12. The zero-order valence-electron chi connectivity index (χ0n) is 17.8. The number of amides is 2. The molecule has 0 atom stereocenters. The molecule has 8 nitrogen and oxygen atoms in total. The Hall–Kier alpha value is -4.46. The van der Waals surface area contributed by atoms with Crippen LogP contribution in [0.4, 0.5) is 5.69 Å². The van der Waals surface area contributed by atoms with Crippen molar-refractivity contribution in [3.63, 3.8) is 0 Å². The minimum atomic E-state index is -0.438. The molecule has 1 aliphatic rings. The van der Waals surface area contributed by atoms with Crippen molar-refractivity contribution in [2.24, 2.45) is 0 Å². The van der Waals surface area contributed by atoms with Crippen molar-refractivity contribution in [1.29, 1.82) is 0 Å². The van der Waals surface area contributed by atoms with Gasteiger partial charge in [-0.2, -0.15) is 0 Å². The number of rotatable bonds is 5. The number of carbonyl (C=O) groups excluding carboxylic acids is 2. The topological polar surface area (TPSA) is 108 Å². The van der Waals surface area contributed by atoms with Gasteiger partial charge in [0.2, 0.25) is 0 Å². The van der Waals surface area contributed by atoms with Crippen molar-refractivity contribution < 1.29 is 14.3 Å². The molecule has 0 aliphatic carbocycles. The van der Waals surface area contributed by atoms with Gasteiger partial charge in [0.1, 0.15) is 11.6 Å². The predicted octanol–water partition coefficient (Wildman–Crippen LogP) is 2.82. The van der Waals surface area contributed by atoms with Gasteiger partial charge in [-0.05, 0) is 48.5 Å². The van der Waals surface area contributed by atoms with E-state index in [1.54, 1.807) is 67.8 Å². The highest BCUT2D eigenvalue weighted by molar-refractivity contribution is 6.23. The minimum Gasteiger partial charge on any atom is -0.497 e. The summed E-state index contributed by atoms with van der Waals surface area (Å²) in [6.07, 6.45) is 0.192. The smallest absolute Gasteiger partial charge is 0.265 e. The van der Waals surface area contributed by atoms with Crippen LogP contribution in [-0.4, -0.2) is 39.9 Å². The number of imide groups is 1. The number of hydrogen-bond donors (Lipinski definition) is 1. The van der Waals surface area contributed by atoms with Gasteiger partial charge in [-0.3, -0.25) is 23.9 Å². The van der Waals surface area contributed by atoms with E-state index in [1.165, 1.54) is 4.57 Å². The van der Waals surface area contributed by atoms with Gasteiger partial charge >= 0.3 is 0 Å². The highest BCUT2D eigenvalue weighted by Crippen LogP contribution is 2.28. The van der Waals surface area contributed by atoms with Crippen molar-refractivity contribution in [2.75, 3.05) is 19.4 Å². The molecule has 4 aromatic rings. The summed E-state index contributed by atoms with van der Waals surface area (Å²) in [6.45, 7) is 0.0622. The Balaban J connectivity index is 1.55. The summed E-state index contributed by atoms with van der Waals surface area (Å²) in [4.78, 5) is 44.9. The molecule has 5 rings (SSSR count). The summed E-state index contributed by atoms with van der Waals surface area (Å²) in [6, 6.07) is 19.0. The van der Waals surface area contributed by atoms with Crippen molar-refractivity contribution >= 4 is 28.4 Å². The number of carbonyl (C=O) groups is 2. The summed E-state index contributed by atoms with van der Waals surface area (Å²) in [5.41, 5.74) is 7.65. The summed E-state index contributed by atoms with van der Waals surface area (Å²) >= 11 is 0. The van der Waals surface area contributed by atoms with Crippen LogP contribution in [-0.2, 0) is 6.42 Å². The second-order valence-electron chi connectivity index (χ2n) is 7.67. The quantitative estimate of drug-likeness (QED) is 0.378. The first-order valence-electron chi connectivity index (χ1n) is 10.4. The molecule has 1 aromatic heterocycles. The summed E-state index contributed by atoms with van der Waals surface area (Å²) in [5.74, 6) is 0.257. The van der Waals surface area contributed by atoms with Gasteiger partial charge in [0.05, 0.1) is 34.8 Å². The molecule has 2 N–H and O–H groups in total. The Morgan fingerprint density at radius 2 is 1.67 bits per heavy atom. The van der Waals surface area contributed by atoms with E-state index in [2.05, 4.69) is 0 Å². The van der Waals surface area contributed by atoms with Crippen molar-refractivity contribution in [2.45, 2.75) is 6.42 Å². The predicted molar refractivity (Wildman–Crippen MR) is 124 cm³/mol. The number of benzene rings is 3. The Morgan fingerprint density at radius 1 is 0.909 bits per heavy atom. The molecule has 0 saturated carbocycles. The third-order valence-corrected chi connectivity index (χ3v) is 5.77. The van der Waals surface area contributed by atoms with Crippen LogP contribution in [0.1, 0.15) is 26.5 Å². The molecule has 0 radical (unpaired) electrons. The zero-order chi connectivity index (χ0) is 23.1. The molecule has 8 heteroatoms. The van der Waals surface area contributed by atoms with E-state index in [0.717, 1.165) is 4.90 Å². The van der Waals surface area contributed by atoms with E-state index in [1.807, 2.05) is 6.07 Å². The molecule has 2 heterocycles. The SMILES string of the molecule is COc1ccc(-n2c(CCN3C(=O)c4cccc(N)c4C3=O)nc3ccccc3c2=O)cc1. The Bertz CT molecular complexity index is 1470. The number of ether oxygens (including phenoxy) is 1. The highest BCUT2D eigenvalue weighted by atomic mass is 16.5. The first kappa shape index (κ1) is 20.4. The average molecular weight is 440 g/mol. The summed E-state index contributed by atoms with van der Waals surface area (Å²) < 4.78 is 6.73. The van der Waals surface area contributed by atoms with Gasteiger partial charge in [-0.15, -0.1) is 0 Å². The lowest BCUT2D eigenvalue weighted by atomic mass is 10.1. The Labute approximate surface area is 188 Å². The van der Waals surface area contributed by atoms with Gasteiger partial charge in [-0.25, -0.2) is 4.98 Å². The van der Waals surface area contributed by atoms with Gasteiger partial charge in [0, 0.05) is 18.7 Å². The number of methoxy groups -OCH3 is 1. The maximum atomic E-state index is 13.4. The summed E-state index contributed by atoms with van der Waals surface area (Å²) in [7, 11) is 1.57. The maximum absolute atomic E-state index is 13.4. The molecule has 164 valence electrons. The number of nitrogen functional groups attached to an aromatic ring is 1. The van der Waals surface area contributed by atoms with Gasteiger partial charge in [0.15, 0.2) is 0 Å². The number of anilines is 1. The fraction of sp³-hybridized carbons (Fsp3) is 0.120. The Morgan fingerprint density at radius 3 is 2.39 bits per heavy atom. The van der Waals surface area contributed by atoms with Crippen LogP contribution < -0.4 is 16.0 Å². The Kier molecular flexibility index (Phi) is 4.90. The standard InChI is InChI=1S/C25H20N4O4/c1-33-16-11-9-15(10-12-16)29-21(27-20-8-3-2-5-17(20)24(29)31)13-14-28-23(30)18-6-4-7-19(26)22(18)25(28)32/h2-12H,13-14,26H2,1H3. The number of nitrogens with two attached hydrogens (primary N) is 1. The van der Waals surface area contributed by atoms with Gasteiger partial charge < -0.3 is 10.5 Å². The van der Waals surface area contributed by atoms with Crippen LogP contribution >= 0.6 is 0 Å². The molecule has 0 spiro atoms. The molecule has 2 amide bonds. The molecule has 0 fully saturated rings. The second kappa shape index (κ2) is 7.90. The third kappa shape index (κ3) is 3.32. The molecule has 33 heavy (non-hydrogen) atoms. The number of para-hydroxylation sites is 1. The van der Waals surface area contributed by atoms with Gasteiger partial charge in [0.25, 0.3) is 17.4 Å². The van der Waals surface area contributed by atoms with Crippen LogP contribution in [0, 0.1) is 0 Å². The molecule has 0 bridgehead atoms. The monoisotopic (exact) mass is 440 g/mol. The van der Waals surface area contributed by atoms with E-state index < -0.39 is 11.8 Å². The van der Waals surface area contributed by atoms with Crippen LogP contribution in [0.3, 0.4) is 0 Å². The highest BCUT2D eigenvalue weighted by Gasteiger charge is 2.36. The third-order valence-electron chi connectivity index (χ3n) is 5.77. The lowest BCUT2D eigenvalue weighted by Crippen LogP contribution is -2.33. The normalized spacial score (nSPS) is 12.9. The second-order valence-corrected chi connectivity index (χ2v) is 7.67. The molecular weight excluding hydrogens is 420 g/mol. The maximum Gasteiger partial charge on any atom is 0.265 e. The lowest BCUT2D eigenvalue weighted by Gasteiger charge is -2.17. The van der Waals surface area contributed by atoms with Crippen molar-refractivity contribution in [3.8, 4) is 11.4 Å². The fourth-order valence-corrected chi connectivity index (χ4v) is 4.12. The van der Waals surface area contributed by atoms with Crippen LogP contribution in [0.5, 0.6) is 5.75 Å². The lowest BCUT2D eigenvalue weighted by molar-refractivity contribution is 0.0655. The number of fused-ring (bicyclic) bond motifs is 2. The first-order valence-corrected chi connectivity index (χ1v) is 10.4. The van der Waals surface area contributed by atoms with E-state index in [-0.39, 0.29) is 29.8 Å². The number of nitrogens with zero attached hydrogens (tertiary/aromatic N) is 3. The van der Waals surface area contributed by atoms with E-state index in [4.69, 9.17) is 15.5 Å². The first-order chi connectivity index (χ1) is 16.0. The minimum absolute atomic E-state index is 0.0622. The van der Waals surface area contributed by atoms with E-state index in [0.29, 0.717) is 33.7 Å². The van der Waals surface area contributed by atoms with Gasteiger partial charge in [-0.1, -0.05) is 18.2 Å². The average Bonchev–Trinajstić information content (AvgIpc) is 3.08. The molecule has 0 unspecified atom stereocenters. The molecule has 0 saturated heterocycles. The van der Waals surface area contributed by atoms with Crippen molar-refractivity contribution in [3.05, 3.63) is 94.0 Å². The van der Waals surface area contributed by atoms with Crippen molar-refractivity contribution in [1.82, 2.24) is 14.5 Å². The van der Waals surface area contributed by atoms with E-state index in [9.17, 15) is 14.4 Å². The molecular formula is C25H20N4O4. The number of aromatic nitrogens is 2. The van der Waals surface area contributed by atoms with Crippen LogP contribution in [0.15, 0.2) is 71.5 Å². The molecule has 3 aromatic carbocycles. The summed E-state index contributed by atoms with van der Waals surface area (Å²) in [5, 5.41) is 0.477.